The highest BCUT2D eigenvalue weighted by molar-refractivity contribution is 5.82. The fourth-order valence-electron chi connectivity index (χ4n) is 2.17. The first kappa shape index (κ1) is 17.0. The quantitative estimate of drug-likeness (QED) is 0.678. The van der Waals surface area contributed by atoms with Crippen LogP contribution in [0, 0.1) is 5.82 Å². The molecule has 0 spiro atoms. The highest BCUT2D eigenvalue weighted by atomic mass is 19.4. The second-order valence-electron chi connectivity index (χ2n) is 5.05. The Kier molecular flexibility index (Phi) is 4.49. The van der Waals surface area contributed by atoms with Crippen molar-refractivity contribution in [2.75, 3.05) is 18.5 Å². The second-order valence-corrected chi connectivity index (χ2v) is 5.05. The van der Waals surface area contributed by atoms with Crippen molar-refractivity contribution in [3.8, 4) is 0 Å². The molecular weight excluding hydrogens is 344 g/mol. The van der Waals surface area contributed by atoms with Crippen LogP contribution in [0.5, 0.6) is 0 Å². The first-order valence-corrected chi connectivity index (χ1v) is 7.16. The van der Waals surface area contributed by atoms with E-state index in [2.05, 4.69) is 25.6 Å². The van der Waals surface area contributed by atoms with E-state index in [4.69, 9.17) is 5.11 Å². The third-order valence-corrected chi connectivity index (χ3v) is 3.30. The van der Waals surface area contributed by atoms with Gasteiger partial charge in [0.2, 0.25) is 5.82 Å². The number of anilines is 1. The lowest BCUT2D eigenvalue weighted by Crippen LogP contribution is -2.16. The Morgan fingerprint density at radius 1 is 1.16 bits per heavy atom. The highest BCUT2D eigenvalue weighted by Gasteiger charge is 2.36. The maximum absolute atomic E-state index is 13.8. The van der Waals surface area contributed by atoms with E-state index in [-0.39, 0.29) is 42.2 Å². The van der Waals surface area contributed by atoms with E-state index >= 15 is 0 Å². The summed E-state index contributed by atoms with van der Waals surface area (Å²) in [5.41, 5.74) is 0.0372. The van der Waals surface area contributed by atoms with Gasteiger partial charge in [-0.3, -0.25) is 0 Å². The molecule has 2 N–H and O–H groups in total. The standard InChI is InChI=1S/C14H12F4N6O/c15-9-4-2-1-3-8(9)7-24-12-10(22-23-24)11(19-5-6-25)20-13(21-12)14(16,17)18/h1-4,25H,5-7H2,(H,19,20,21). The maximum atomic E-state index is 13.8. The zero-order valence-electron chi connectivity index (χ0n) is 12.6. The normalized spacial score (nSPS) is 11.9. The maximum Gasteiger partial charge on any atom is 0.451 e. The molecule has 0 unspecified atom stereocenters. The smallest absolute Gasteiger partial charge is 0.395 e. The minimum atomic E-state index is -4.78. The number of nitrogens with one attached hydrogen (secondary N) is 1. The molecule has 132 valence electrons. The lowest BCUT2D eigenvalue weighted by molar-refractivity contribution is -0.144. The Hall–Kier alpha value is -2.82. The molecule has 0 aliphatic carbocycles. The van der Waals surface area contributed by atoms with Crippen LogP contribution in [0.3, 0.4) is 0 Å². The summed E-state index contributed by atoms with van der Waals surface area (Å²) < 4.78 is 53.9. The first-order valence-electron chi connectivity index (χ1n) is 7.16. The average Bonchev–Trinajstić information content (AvgIpc) is 2.97. The van der Waals surface area contributed by atoms with E-state index in [9.17, 15) is 17.6 Å². The topological polar surface area (TPSA) is 88.8 Å². The summed E-state index contributed by atoms with van der Waals surface area (Å²) in [6.45, 7) is -0.475. The average molecular weight is 356 g/mol. The molecule has 2 aromatic heterocycles. The van der Waals surface area contributed by atoms with Gasteiger partial charge in [-0.25, -0.2) is 19.0 Å². The Balaban J connectivity index is 2.10. The van der Waals surface area contributed by atoms with E-state index in [1.165, 1.54) is 18.2 Å². The molecule has 11 heteroatoms. The number of benzene rings is 1. The molecule has 0 saturated carbocycles. The van der Waals surface area contributed by atoms with Crippen molar-refractivity contribution in [1.82, 2.24) is 25.0 Å². The van der Waals surface area contributed by atoms with Crippen LogP contribution in [0.4, 0.5) is 23.4 Å². The molecular formula is C14H12F4N6O. The van der Waals surface area contributed by atoms with Crippen molar-refractivity contribution in [1.29, 1.82) is 0 Å². The van der Waals surface area contributed by atoms with Crippen molar-refractivity contribution in [2.24, 2.45) is 0 Å². The van der Waals surface area contributed by atoms with E-state index in [1.54, 1.807) is 6.07 Å². The summed E-state index contributed by atoms with van der Waals surface area (Å²) in [6.07, 6.45) is -4.78. The van der Waals surface area contributed by atoms with Crippen LogP contribution in [0.1, 0.15) is 11.4 Å². The predicted octanol–water partition coefficient (Wildman–Crippen LogP) is 1.83. The molecule has 0 aliphatic rings. The summed E-state index contributed by atoms with van der Waals surface area (Å²) in [6, 6.07) is 5.82. The lowest BCUT2D eigenvalue weighted by Gasteiger charge is -2.10. The van der Waals surface area contributed by atoms with Gasteiger partial charge in [0, 0.05) is 12.1 Å². The van der Waals surface area contributed by atoms with Crippen LogP contribution in [0.25, 0.3) is 11.2 Å². The molecule has 0 bridgehead atoms. The molecule has 0 saturated heterocycles. The number of fused-ring (bicyclic) bond motifs is 1. The number of halogens is 4. The van der Waals surface area contributed by atoms with Crippen LogP contribution in [-0.4, -0.2) is 43.2 Å². The molecule has 0 amide bonds. The minimum absolute atomic E-state index is 0.00205. The molecule has 25 heavy (non-hydrogen) atoms. The Morgan fingerprint density at radius 2 is 1.92 bits per heavy atom. The van der Waals surface area contributed by atoms with Crippen LogP contribution in [0.2, 0.25) is 0 Å². The third kappa shape index (κ3) is 3.50. The molecule has 0 aliphatic heterocycles. The number of aliphatic hydroxyl groups is 1. The lowest BCUT2D eigenvalue weighted by atomic mass is 10.2. The molecule has 0 fully saturated rings. The second kappa shape index (κ2) is 6.59. The van der Waals surface area contributed by atoms with E-state index in [1.807, 2.05) is 0 Å². The van der Waals surface area contributed by atoms with Crippen molar-refractivity contribution in [3.63, 3.8) is 0 Å². The molecule has 2 heterocycles. The summed E-state index contributed by atoms with van der Waals surface area (Å²) in [5.74, 6) is -2.10. The van der Waals surface area contributed by atoms with Crippen LogP contribution in [0.15, 0.2) is 24.3 Å². The van der Waals surface area contributed by atoms with Gasteiger partial charge in [0.1, 0.15) is 5.82 Å². The zero-order valence-corrected chi connectivity index (χ0v) is 12.6. The molecule has 7 nitrogen and oxygen atoms in total. The highest BCUT2D eigenvalue weighted by Crippen LogP contribution is 2.29. The summed E-state index contributed by atoms with van der Waals surface area (Å²) in [7, 11) is 0. The van der Waals surface area contributed by atoms with Gasteiger partial charge in [0.05, 0.1) is 13.2 Å². The van der Waals surface area contributed by atoms with Crippen LogP contribution >= 0.6 is 0 Å². The number of hydrogen-bond donors (Lipinski definition) is 2. The molecule has 3 rings (SSSR count). The van der Waals surface area contributed by atoms with Crippen molar-refractivity contribution in [2.45, 2.75) is 12.7 Å². The number of rotatable bonds is 5. The largest absolute Gasteiger partial charge is 0.451 e. The van der Waals surface area contributed by atoms with E-state index in [0.29, 0.717) is 0 Å². The Labute approximate surface area is 138 Å². The van der Waals surface area contributed by atoms with Gasteiger partial charge in [-0.1, -0.05) is 23.4 Å². The predicted molar refractivity (Wildman–Crippen MR) is 79.2 cm³/mol. The van der Waals surface area contributed by atoms with Gasteiger partial charge in [-0.15, -0.1) is 5.10 Å². The summed E-state index contributed by atoms with van der Waals surface area (Å²) >= 11 is 0. The summed E-state index contributed by atoms with van der Waals surface area (Å²) in [4.78, 5) is 6.88. The number of alkyl halides is 3. The molecule has 0 radical (unpaired) electrons. The SMILES string of the molecule is OCCNc1nc(C(F)(F)F)nc2c1nnn2Cc1ccccc1F. The fourth-order valence-corrected chi connectivity index (χ4v) is 2.17. The van der Waals surface area contributed by atoms with Gasteiger partial charge < -0.3 is 10.4 Å². The van der Waals surface area contributed by atoms with Gasteiger partial charge >= 0.3 is 6.18 Å². The minimum Gasteiger partial charge on any atom is -0.395 e. The van der Waals surface area contributed by atoms with Crippen LogP contribution in [-0.2, 0) is 12.7 Å². The Bertz CT molecular complexity index is 895. The van der Waals surface area contributed by atoms with Crippen molar-refractivity contribution in [3.05, 3.63) is 41.5 Å². The Morgan fingerprint density at radius 3 is 2.60 bits per heavy atom. The van der Waals surface area contributed by atoms with Gasteiger partial charge in [0.15, 0.2) is 17.0 Å². The van der Waals surface area contributed by atoms with Gasteiger partial charge in [-0.2, -0.15) is 13.2 Å². The van der Waals surface area contributed by atoms with Crippen LogP contribution < -0.4 is 5.32 Å². The molecule has 1 aromatic carbocycles. The monoisotopic (exact) mass is 356 g/mol. The van der Waals surface area contributed by atoms with Gasteiger partial charge in [0.25, 0.3) is 0 Å². The van der Waals surface area contributed by atoms with Crippen molar-refractivity contribution < 1.29 is 22.7 Å². The summed E-state index contributed by atoms with van der Waals surface area (Å²) in [5, 5.41) is 18.9. The number of hydrogen-bond acceptors (Lipinski definition) is 6. The first-order chi connectivity index (χ1) is 11.9. The van der Waals surface area contributed by atoms with E-state index < -0.39 is 17.8 Å². The fraction of sp³-hybridized carbons (Fsp3) is 0.286. The van der Waals surface area contributed by atoms with E-state index in [0.717, 1.165) is 4.68 Å². The number of aliphatic hydroxyl groups excluding tert-OH is 1. The zero-order chi connectivity index (χ0) is 18.0. The molecule has 3 aromatic rings. The van der Waals surface area contributed by atoms with Gasteiger partial charge in [-0.05, 0) is 6.07 Å². The molecule has 0 atom stereocenters. The number of aromatic nitrogens is 5. The third-order valence-electron chi connectivity index (χ3n) is 3.30. The van der Waals surface area contributed by atoms with Crippen molar-refractivity contribution >= 4 is 17.0 Å². The number of nitrogens with zero attached hydrogens (tertiary/aromatic N) is 5.